The molecule has 0 aliphatic heterocycles. The first-order chi connectivity index (χ1) is 17.3. The Morgan fingerprint density at radius 3 is 2.31 bits per heavy atom. The van der Waals surface area contributed by atoms with Crippen LogP contribution >= 0.6 is 11.6 Å². The van der Waals surface area contributed by atoms with E-state index >= 15 is 0 Å². The predicted molar refractivity (Wildman–Crippen MR) is 142 cm³/mol. The summed E-state index contributed by atoms with van der Waals surface area (Å²) in [7, 11) is -4.07. The van der Waals surface area contributed by atoms with Gasteiger partial charge in [0.15, 0.2) is 0 Å². The van der Waals surface area contributed by atoms with E-state index in [4.69, 9.17) is 11.6 Å². The van der Waals surface area contributed by atoms with Gasteiger partial charge in [-0.3, -0.25) is 13.9 Å². The fourth-order valence-corrected chi connectivity index (χ4v) is 5.90. The van der Waals surface area contributed by atoms with Gasteiger partial charge in [-0.25, -0.2) is 8.42 Å². The van der Waals surface area contributed by atoms with Crippen LogP contribution in [-0.4, -0.2) is 32.8 Å². The van der Waals surface area contributed by atoms with Crippen LogP contribution in [0.15, 0.2) is 83.8 Å². The van der Waals surface area contributed by atoms with Crippen molar-refractivity contribution in [1.82, 2.24) is 5.32 Å². The number of hydrogen-bond acceptors (Lipinski definition) is 4. The number of benzene rings is 3. The highest BCUT2D eigenvalue weighted by Crippen LogP contribution is 2.26. The highest BCUT2D eigenvalue weighted by molar-refractivity contribution is 7.92. The van der Waals surface area contributed by atoms with Gasteiger partial charge in [-0.15, -0.1) is 0 Å². The number of amides is 2. The van der Waals surface area contributed by atoms with Crippen molar-refractivity contribution >= 4 is 44.8 Å². The van der Waals surface area contributed by atoms with E-state index < -0.39 is 22.5 Å². The molecule has 0 atom stereocenters. The topological polar surface area (TPSA) is 95.6 Å². The largest absolute Gasteiger partial charge is 0.349 e. The van der Waals surface area contributed by atoms with Crippen molar-refractivity contribution in [3.05, 3.63) is 89.4 Å². The monoisotopic (exact) mass is 525 g/mol. The van der Waals surface area contributed by atoms with Crippen LogP contribution in [0.4, 0.5) is 11.4 Å². The third-order valence-corrected chi connectivity index (χ3v) is 8.12. The van der Waals surface area contributed by atoms with Gasteiger partial charge in [-0.2, -0.15) is 0 Å². The second-order valence-electron chi connectivity index (χ2n) is 8.71. The standard InChI is InChI=1S/C27H28ClN3O4S/c28-20-10-9-13-22(18-20)31(36(34,35)23-14-5-2-6-15-23)19-26(32)30-25-17-8-7-16-24(25)27(33)29-21-11-3-1-4-12-21/h2,5-10,13-18,21H,1,3-4,11-12,19H2,(H,29,33)(H,30,32). The SMILES string of the molecule is O=C(CN(c1cccc(Cl)c1)S(=O)(=O)c1ccccc1)Nc1ccccc1C(=O)NC1CCCCC1. The molecule has 0 saturated heterocycles. The van der Waals surface area contributed by atoms with Crippen molar-refractivity contribution in [3.63, 3.8) is 0 Å². The fourth-order valence-electron chi connectivity index (χ4n) is 4.29. The molecule has 4 rings (SSSR count). The number of carbonyl (C=O) groups excluding carboxylic acids is 2. The molecule has 36 heavy (non-hydrogen) atoms. The van der Waals surface area contributed by atoms with Gasteiger partial charge in [0.1, 0.15) is 6.54 Å². The second kappa shape index (κ2) is 11.6. The molecule has 1 saturated carbocycles. The minimum Gasteiger partial charge on any atom is -0.349 e. The molecule has 0 heterocycles. The van der Waals surface area contributed by atoms with E-state index in [0.29, 0.717) is 16.3 Å². The van der Waals surface area contributed by atoms with E-state index in [9.17, 15) is 18.0 Å². The van der Waals surface area contributed by atoms with Crippen molar-refractivity contribution in [2.75, 3.05) is 16.2 Å². The highest BCUT2D eigenvalue weighted by atomic mass is 35.5. The van der Waals surface area contributed by atoms with Gasteiger partial charge in [0.05, 0.1) is 21.8 Å². The van der Waals surface area contributed by atoms with Crippen LogP contribution in [-0.2, 0) is 14.8 Å². The van der Waals surface area contributed by atoms with Crippen LogP contribution in [0.2, 0.25) is 5.02 Å². The molecule has 0 radical (unpaired) electrons. The number of sulfonamides is 1. The van der Waals surface area contributed by atoms with Gasteiger partial charge < -0.3 is 10.6 Å². The molecule has 188 valence electrons. The normalized spacial score (nSPS) is 14.1. The first kappa shape index (κ1) is 25.7. The van der Waals surface area contributed by atoms with Gasteiger partial charge in [0, 0.05) is 11.1 Å². The number of hydrogen-bond donors (Lipinski definition) is 2. The summed E-state index contributed by atoms with van der Waals surface area (Å²) in [4.78, 5) is 26.1. The van der Waals surface area contributed by atoms with Crippen LogP contribution in [0.5, 0.6) is 0 Å². The maximum absolute atomic E-state index is 13.5. The maximum atomic E-state index is 13.5. The van der Waals surface area contributed by atoms with Crippen LogP contribution < -0.4 is 14.9 Å². The van der Waals surface area contributed by atoms with E-state index in [-0.39, 0.29) is 22.5 Å². The van der Waals surface area contributed by atoms with Crippen molar-refractivity contribution < 1.29 is 18.0 Å². The van der Waals surface area contributed by atoms with Crippen molar-refractivity contribution in [3.8, 4) is 0 Å². The molecule has 2 N–H and O–H groups in total. The zero-order valence-electron chi connectivity index (χ0n) is 19.7. The molecule has 0 aromatic heterocycles. The Hall–Kier alpha value is -3.36. The summed E-state index contributed by atoms with van der Waals surface area (Å²) in [5.41, 5.74) is 0.903. The summed E-state index contributed by atoms with van der Waals surface area (Å²) in [6.07, 6.45) is 5.21. The summed E-state index contributed by atoms with van der Waals surface area (Å²) in [5, 5.41) is 6.12. The summed E-state index contributed by atoms with van der Waals surface area (Å²) < 4.78 is 27.9. The van der Waals surface area contributed by atoms with Gasteiger partial charge in [-0.1, -0.05) is 67.3 Å². The summed E-state index contributed by atoms with van der Waals surface area (Å²) >= 11 is 6.12. The fraction of sp³-hybridized carbons (Fsp3) is 0.259. The molecule has 0 bridgehead atoms. The van der Waals surface area contributed by atoms with Crippen molar-refractivity contribution in [2.45, 2.75) is 43.0 Å². The number of halogens is 1. The van der Waals surface area contributed by atoms with E-state index in [0.717, 1.165) is 30.0 Å². The first-order valence-corrected chi connectivity index (χ1v) is 13.7. The quantitative estimate of drug-likeness (QED) is 0.420. The van der Waals surface area contributed by atoms with Crippen LogP contribution in [0, 0.1) is 0 Å². The molecule has 3 aromatic carbocycles. The molecule has 3 aromatic rings. The minimum atomic E-state index is -4.07. The van der Waals surface area contributed by atoms with Gasteiger partial charge >= 0.3 is 0 Å². The number of rotatable bonds is 8. The van der Waals surface area contributed by atoms with E-state index in [2.05, 4.69) is 10.6 Å². The van der Waals surface area contributed by atoms with Crippen molar-refractivity contribution in [1.29, 1.82) is 0 Å². The summed E-state index contributed by atoms with van der Waals surface area (Å²) in [5.74, 6) is -0.853. The van der Waals surface area contributed by atoms with E-state index in [1.807, 2.05) is 0 Å². The van der Waals surface area contributed by atoms with Crippen molar-refractivity contribution in [2.24, 2.45) is 0 Å². The lowest BCUT2D eigenvalue weighted by Gasteiger charge is -2.25. The lowest BCUT2D eigenvalue weighted by atomic mass is 9.95. The Labute approximate surface area is 216 Å². The molecule has 9 heteroatoms. The molecular formula is C27H28ClN3O4S. The molecule has 0 unspecified atom stereocenters. The molecule has 1 aliphatic carbocycles. The third kappa shape index (κ3) is 6.25. The molecule has 1 aliphatic rings. The second-order valence-corrected chi connectivity index (χ2v) is 11.0. The average molecular weight is 526 g/mol. The van der Waals surface area contributed by atoms with Crippen LogP contribution in [0.3, 0.4) is 0 Å². The van der Waals surface area contributed by atoms with Crippen LogP contribution in [0.25, 0.3) is 0 Å². The molecule has 2 amide bonds. The van der Waals surface area contributed by atoms with Gasteiger partial charge in [-0.05, 0) is 55.3 Å². The summed E-state index contributed by atoms with van der Waals surface area (Å²) in [6, 6.07) is 21.0. The molecule has 7 nitrogen and oxygen atoms in total. The lowest BCUT2D eigenvalue weighted by molar-refractivity contribution is -0.114. The smallest absolute Gasteiger partial charge is 0.264 e. The minimum absolute atomic E-state index is 0.0463. The van der Waals surface area contributed by atoms with Gasteiger partial charge in [0.25, 0.3) is 15.9 Å². The number of carbonyl (C=O) groups is 2. The summed E-state index contributed by atoms with van der Waals surface area (Å²) in [6.45, 7) is -0.504. The van der Waals surface area contributed by atoms with E-state index in [1.54, 1.807) is 60.7 Å². The number of para-hydroxylation sites is 1. The molecule has 0 spiro atoms. The predicted octanol–water partition coefficient (Wildman–Crippen LogP) is 5.24. The Bertz CT molecular complexity index is 1330. The zero-order chi connectivity index (χ0) is 25.5. The number of nitrogens with one attached hydrogen (secondary N) is 2. The van der Waals surface area contributed by atoms with Crippen LogP contribution in [0.1, 0.15) is 42.5 Å². The number of anilines is 2. The Kier molecular flexibility index (Phi) is 8.28. The van der Waals surface area contributed by atoms with E-state index in [1.165, 1.54) is 24.6 Å². The third-order valence-electron chi connectivity index (χ3n) is 6.10. The number of nitrogens with zero attached hydrogens (tertiary/aromatic N) is 1. The first-order valence-electron chi connectivity index (χ1n) is 11.9. The molecular weight excluding hydrogens is 498 g/mol. The average Bonchev–Trinajstić information content (AvgIpc) is 2.88. The highest BCUT2D eigenvalue weighted by Gasteiger charge is 2.28. The zero-order valence-corrected chi connectivity index (χ0v) is 21.3. The maximum Gasteiger partial charge on any atom is 0.264 e. The lowest BCUT2D eigenvalue weighted by Crippen LogP contribution is -2.39. The van der Waals surface area contributed by atoms with Gasteiger partial charge in [0.2, 0.25) is 5.91 Å². The Morgan fingerprint density at radius 2 is 1.58 bits per heavy atom. The Balaban J connectivity index is 1.57. The Morgan fingerprint density at radius 1 is 0.889 bits per heavy atom. The molecule has 1 fully saturated rings.